The second kappa shape index (κ2) is 4.68. The van der Waals surface area contributed by atoms with E-state index in [1.54, 1.807) is 13.0 Å². The minimum absolute atomic E-state index is 0.0228. The van der Waals surface area contributed by atoms with E-state index in [9.17, 15) is 4.39 Å². The third-order valence-electron chi connectivity index (χ3n) is 2.93. The van der Waals surface area contributed by atoms with E-state index in [0.29, 0.717) is 31.1 Å². The van der Waals surface area contributed by atoms with Crippen molar-refractivity contribution in [1.29, 1.82) is 5.26 Å². The predicted octanol–water partition coefficient (Wildman–Crippen LogP) is 1.63. The van der Waals surface area contributed by atoms with Crippen LogP contribution in [0.5, 0.6) is 0 Å². The summed E-state index contributed by atoms with van der Waals surface area (Å²) in [5.41, 5.74) is 0.642. The molecule has 0 saturated carbocycles. The minimum Gasteiger partial charge on any atom is -0.377 e. The van der Waals surface area contributed by atoms with Crippen LogP contribution in [0, 0.1) is 24.2 Å². The van der Waals surface area contributed by atoms with E-state index >= 15 is 0 Å². The fourth-order valence-electron chi connectivity index (χ4n) is 1.97. The van der Waals surface area contributed by atoms with Gasteiger partial charge in [0.05, 0.1) is 19.3 Å². The maximum Gasteiger partial charge on any atom is 0.233 e. The van der Waals surface area contributed by atoms with Gasteiger partial charge in [0.2, 0.25) is 5.95 Å². The molecule has 1 aliphatic rings. The van der Waals surface area contributed by atoms with Crippen LogP contribution in [0.1, 0.15) is 18.1 Å². The van der Waals surface area contributed by atoms with Crippen molar-refractivity contribution in [2.75, 3.05) is 24.7 Å². The third-order valence-corrected chi connectivity index (χ3v) is 2.93. The molecule has 0 aromatic carbocycles. The maximum atomic E-state index is 13.6. The van der Waals surface area contributed by atoms with Crippen LogP contribution in [-0.2, 0) is 4.74 Å². The quantitative estimate of drug-likeness (QED) is 0.694. The van der Waals surface area contributed by atoms with E-state index in [4.69, 9.17) is 10.00 Å². The molecular weight excluding hydrogens is 221 g/mol. The highest BCUT2D eigenvalue weighted by Gasteiger charge is 2.22. The van der Waals surface area contributed by atoms with Crippen LogP contribution in [-0.4, -0.2) is 30.8 Å². The first-order chi connectivity index (χ1) is 8.13. The number of pyridine rings is 1. The molecule has 1 aromatic rings. The van der Waals surface area contributed by atoms with Gasteiger partial charge in [-0.15, -0.1) is 0 Å². The number of nitriles is 1. The summed E-state index contributed by atoms with van der Waals surface area (Å²) >= 11 is 0. The highest BCUT2D eigenvalue weighted by Crippen LogP contribution is 2.21. The van der Waals surface area contributed by atoms with Crippen molar-refractivity contribution in [2.45, 2.75) is 19.9 Å². The molecule has 17 heavy (non-hydrogen) atoms. The molecule has 2 heterocycles. The van der Waals surface area contributed by atoms with Gasteiger partial charge in [0.15, 0.2) is 0 Å². The second-order valence-corrected chi connectivity index (χ2v) is 4.19. The molecule has 0 N–H and O–H groups in total. The first kappa shape index (κ1) is 11.8. The van der Waals surface area contributed by atoms with Crippen LogP contribution in [0.4, 0.5) is 10.2 Å². The van der Waals surface area contributed by atoms with E-state index in [1.165, 1.54) is 0 Å². The molecule has 0 bridgehead atoms. The monoisotopic (exact) mass is 235 g/mol. The van der Waals surface area contributed by atoms with Crippen LogP contribution in [0.25, 0.3) is 0 Å². The molecule has 1 atom stereocenters. The standard InChI is InChI=1S/C12H14FN3O/c1-8-5-11(15-12(13)10(8)6-14)16-3-4-17-7-9(16)2/h5,9H,3-4,7H2,1-2H3/t9-/m1/s1. The van der Waals surface area contributed by atoms with Crippen LogP contribution in [0.15, 0.2) is 6.07 Å². The van der Waals surface area contributed by atoms with E-state index in [2.05, 4.69) is 4.98 Å². The summed E-state index contributed by atoms with van der Waals surface area (Å²) < 4.78 is 18.9. The lowest BCUT2D eigenvalue weighted by molar-refractivity contribution is 0.0984. The highest BCUT2D eigenvalue weighted by atomic mass is 19.1. The second-order valence-electron chi connectivity index (χ2n) is 4.19. The van der Waals surface area contributed by atoms with Crippen LogP contribution in [0.2, 0.25) is 0 Å². The van der Waals surface area contributed by atoms with Gasteiger partial charge < -0.3 is 9.64 Å². The van der Waals surface area contributed by atoms with Crippen molar-refractivity contribution >= 4 is 5.82 Å². The third kappa shape index (κ3) is 2.22. The number of aromatic nitrogens is 1. The van der Waals surface area contributed by atoms with Crippen molar-refractivity contribution in [3.05, 3.63) is 23.1 Å². The lowest BCUT2D eigenvalue weighted by atomic mass is 10.1. The molecule has 2 rings (SSSR count). The van der Waals surface area contributed by atoms with Gasteiger partial charge in [0, 0.05) is 6.54 Å². The first-order valence-electron chi connectivity index (χ1n) is 5.55. The van der Waals surface area contributed by atoms with Gasteiger partial charge in [0.25, 0.3) is 0 Å². The molecule has 90 valence electrons. The molecule has 4 nitrogen and oxygen atoms in total. The first-order valence-corrected chi connectivity index (χ1v) is 5.55. The average molecular weight is 235 g/mol. The Morgan fingerprint density at radius 1 is 1.65 bits per heavy atom. The average Bonchev–Trinajstić information content (AvgIpc) is 2.29. The van der Waals surface area contributed by atoms with Crippen LogP contribution >= 0.6 is 0 Å². The number of anilines is 1. The van der Waals surface area contributed by atoms with E-state index in [0.717, 1.165) is 0 Å². The van der Waals surface area contributed by atoms with Crippen molar-refractivity contribution in [3.8, 4) is 6.07 Å². The Hall–Kier alpha value is -1.67. The highest BCUT2D eigenvalue weighted by molar-refractivity contribution is 5.48. The molecule has 1 aliphatic heterocycles. The molecule has 0 radical (unpaired) electrons. The lowest BCUT2D eigenvalue weighted by Gasteiger charge is -2.34. The number of rotatable bonds is 1. The Kier molecular flexibility index (Phi) is 3.25. The van der Waals surface area contributed by atoms with E-state index < -0.39 is 5.95 Å². The van der Waals surface area contributed by atoms with Gasteiger partial charge in [-0.05, 0) is 25.5 Å². The smallest absolute Gasteiger partial charge is 0.233 e. The zero-order valence-electron chi connectivity index (χ0n) is 9.90. The number of morpholine rings is 1. The number of hydrogen-bond acceptors (Lipinski definition) is 4. The fraction of sp³-hybridized carbons (Fsp3) is 0.500. The van der Waals surface area contributed by atoms with E-state index in [1.807, 2.05) is 17.9 Å². The fourth-order valence-corrected chi connectivity index (χ4v) is 1.97. The molecule has 1 fully saturated rings. The number of hydrogen-bond donors (Lipinski definition) is 0. The Labute approximate surface area is 99.6 Å². The molecular formula is C12H14FN3O. The zero-order valence-corrected chi connectivity index (χ0v) is 9.90. The minimum atomic E-state index is -0.693. The Balaban J connectivity index is 2.37. The lowest BCUT2D eigenvalue weighted by Crippen LogP contribution is -2.44. The Bertz CT molecular complexity index is 446. The van der Waals surface area contributed by atoms with Crippen LogP contribution < -0.4 is 4.90 Å². The molecule has 1 saturated heterocycles. The molecule has 0 aliphatic carbocycles. The van der Waals surface area contributed by atoms with E-state index in [-0.39, 0.29) is 11.6 Å². The molecule has 0 amide bonds. The van der Waals surface area contributed by atoms with Gasteiger partial charge in [-0.2, -0.15) is 9.65 Å². The topological polar surface area (TPSA) is 49.1 Å². The summed E-state index contributed by atoms with van der Waals surface area (Å²) in [5, 5.41) is 8.79. The normalized spacial score (nSPS) is 20.1. The summed E-state index contributed by atoms with van der Waals surface area (Å²) in [7, 11) is 0. The Morgan fingerprint density at radius 2 is 2.41 bits per heavy atom. The number of nitrogens with zero attached hydrogens (tertiary/aromatic N) is 3. The van der Waals surface area contributed by atoms with Crippen molar-refractivity contribution in [2.24, 2.45) is 0 Å². The number of aryl methyl sites for hydroxylation is 1. The number of halogens is 1. The van der Waals surface area contributed by atoms with Gasteiger partial charge in [-0.25, -0.2) is 4.98 Å². The summed E-state index contributed by atoms with van der Waals surface area (Å²) in [6.45, 7) is 5.65. The van der Waals surface area contributed by atoms with Gasteiger partial charge in [-0.3, -0.25) is 0 Å². The van der Waals surface area contributed by atoms with Crippen molar-refractivity contribution in [3.63, 3.8) is 0 Å². The van der Waals surface area contributed by atoms with Crippen molar-refractivity contribution < 1.29 is 9.13 Å². The predicted molar refractivity (Wildman–Crippen MR) is 61.3 cm³/mol. The molecule has 1 aromatic heterocycles. The van der Waals surface area contributed by atoms with Gasteiger partial charge in [0.1, 0.15) is 17.5 Å². The molecule has 5 heteroatoms. The largest absolute Gasteiger partial charge is 0.377 e. The molecule has 0 spiro atoms. The summed E-state index contributed by atoms with van der Waals surface area (Å²) in [5.74, 6) is -0.115. The van der Waals surface area contributed by atoms with Crippen LogP contribution in [0.3, 0.4) is 0 Å². The SMILES string of the molecule is Cc1cc(N2CCOC[C@H]2C)nc(F)c1C#N. The van der Waals surface area contributed by atoms with Gasteiger partial charge >= 0.3 is 0 Å². The summed E-state index contributed by atoms with van der Waals surface area (Å²) in [4.78, 5) is 5.86. The molecule has 0 unspecified atom stereocenters. The van der Waals surface area contributed by atoms with Crippen molar-refractivity contribution in [1.82, 2.24) is 4.98 Å². The maximum absolute atomic E-state index is 13.6. The zero-order chi connectivity index (χ0) is 12.4. The summed E-state index contributed by atoms with van der Waals surface area (Å²) in [6.07, 6.45) is 0. The Morgan fingerprint density at radius 3 is 3.00 bits per heavy atom. The van der Waals surface area contributed by atoms with Gasteiger partial charge in [-0.1, -0.05) is 0 Å². The summed E-state index contributed by atoms with van der Waals surface area (Å²) in [6, 6.07) is 3.75. The number of ether oxygens (including phenoxy) is 1.